The maximum absolute atomic E-state index is 13.2. The predicted octanol–water partition coefficient (Wildman–Crippen LogP) is 1.24. The second-order valence-corrected chi connectivity index (χ2v) is 7.82. The summed E-state index contributed by atoms with van der Waals surface area (Å²) < 4.78 is 13.5. The number of fused-ring (bicyclic) bond motifs is 1. The summed E-state index contributed by atoms with van der Waals surface area (Å²) in [5.41, 5.74) is 2.22. The highest BCUT2D eigenvalue weighted by molar-refractivity contribution is 6.09. The molecule has 12 nitrogen and oxygen atoms in total. The molecular weight excluding hydrogens is 452 g/mol. The van der Waals surface area contributed by atoms with Gasteiger partial charge in [-0.1, -0.05) is 0 Å². The Morgan fingerprint density at radius 3 is 2.94 bits per heavy atom. The molecule has 0 aliphatic carbocycles. The molecule has 2 amide bonds. The molecule has 176 valence electrons. The molecule has 0 spiro atoms. The number of carbonyl (C=O) groups excluding carboxylic acids is 2. The quantitative estimate of drug-likeness (QED) is 0.408. The summed E-state index contributed by atoms with van der Waals surface area (Å²) in [6, 6.07) is 8.66. The Labute approximate surface area is 199 Å². The summed E-state index contributed by atoms with van der Waals surface area (Å²) in [6.07, 6.45) is 6.24. The molecule has 5 rings (SSSR count). The molecule has 12 heteroatoms. The van der Waals surface area contributed by atoms with Crippen LogP contribution in [0.25, 0.3) is 16.9 Å². The van der Waals surface area contributed by atoms with Crippen molar-refractivity contribution >= 4 is 23.1 Å². The first-order chi connectivity index (χ1) is 17.1. The molecule has 0 atom stereocenters. The first-order valence-corrected chi connectivity index (χ1v) is 10.7. The number of aromatic nitrogens is 5. The predicted molar refractivity (Wildman–Crippen MR) is 123 cm³/mol. The van der Waals surface area contributed by atoms with E-state index in [4.69, 9.17) is 9.47 Å². The summed E-state index contributed by atoms with van der Waals surface area (Å²) in [7, 11) is 1.50. The third kappa shape index (κ3) is 4.40. The number of nitriles is 1. The maximum atomic E-state index is 13.2. The van der Waals surface area contributed by atoms with Crippen LogP contribution in [0.2, 0.25) is 0 Å². The van der Waals surface area contributed by atoms with E-state index in [1.807, 2.05) is 0 Å². The topological polar surface area (TPSA) is 148 Å². The van der Waals surface area contributed by atoms with Crippen molar-refractivity contribution in [1.29, 1.82) is 5.26 Å². The van der Waals surface area contributed by atoms with Gasteiger partial charge in [-0.2, -0.15) is 15.5 Å². The van der Waals surface area contributed by atoms with Crippen molar-refractivity contribution in [3.8, 4) is 23.1 Å². The zero-order valence-corrected chi connectivity index (χ0v) is 18.6. The van der Waals surface area contributed by atoms with Crippen molar-refractivity contribution in [2.45, 2.75) is 12.6 Å². The van der Waals surface area contributed by atoms with Gasteiger partial charge in [0, 0.05) is 24.2 Å². The van der Waals surface area contributed by atoms with Gasteiger partial charge < -0.3 is 20.1 Å². The van der Waals surface area contributed by atoms with Gasteiger partial charge in [0.05, 0.1) is 49.9 Å². The fourth-order valence-corrected chi connectivity index (χ4v) is 3.67. The number of amides is 2. The summed E-state index contributed by atoms with van der Waals surface area (Å²) in [4.78, 5) is 29.8. The maximum Gasteiger partial charge on any atom is 0.261 e. The van der Waals surface area contributed by atoms with Crippen LogP contribution >= 0.6 is 0 Å². The third-order valence-electron chi connectivity index (χ3n) is 5.43. The van der Waals surface area contributed by atoms with Crippen LogP contribution in [-0.4, -0.2) is 62.6 Å². The summed E-state index contributed by atoms with van der Waals surface area (Å²) in [5, 5.41) is 23.8. The number of hydrogen-bond donors (Lipinski definition) is 2. The normalized spacial score (nSPS) is 13.1. The minimum Gasteiger partial charge on any atom is -0.496 e. The van der Waals surface area contributed by atoms with Gasteiger partial charge in [0.25, 0.3) is 5.91 Å². The van der Waals surface area contributed by atoms with Crippen LogP contribution < -0.4 is 15.4 Å². The molecule has 1 aromatic carbocycles. The van der Waals surface area contributed by atoms with Gasteiger partial charge in [-0.3, -0.25) is 14.3 Å². The minimum atomic E-state index is -0.453. The van der Waals surface area contributed by atoms with E-state index >= 15 is 0 Å². The molecule has 0 unspecified atom stereocenters. The van der Waals surface area contributed by atoms with Gasteiger partial charge in [-0.15, -0.1) is 0 Å². The fraction of sp³-hybridized carbons (Fsp3) is 0.217. The standard InChI is InChI=1S/C23H20N8O4/c1-34-19-4-3-14(8-24)7-16(19)21-18(10-30(29-21)11-20(32)27-15-12-35-13-15)28-23(33)17-9-26-31-6-2-5-25-22(17)31/h2-7,9-10,15H,11-13H2,1H3,(H,27,32)(H,28,33). The van der Waals surface area contributed by atoms with Crippen LogP contribution in [-0.2, 0) is 16.1 Å². The molecule has 4 aromatic rings. The number of rotatable bonds is 7. The van der Waals surface area contributed by atoms with E-state index < -0.39 is 5.91 Å². The van der Waals surface area contributed by atoms with Crippen molar-refractivity contribution in [1.82, 2.24) is 29.7 Å². The van der Waals surface area contributed by atoms with Gasteiger partial charge in [0.2, 0.25) is 5.91 Å². The lowest BCUT2D eigenvalue weighted by Gasteiger charge is -2.26. The van der Waals surface area contributed by atoms with Crippen molar-refractivity contribution < 1.29 is 19.1 Å². The lowest BCUT2D eigenvalue weighted by atomic mass is 10.1. The molecule has 4 heterocycles. The van der Waals surface area contributed by atoms with Gasteiger partial charge in [-0.05, 0) is 24.3 Å². The van der Waals surface area contributed by atoms with E-state index in [0.717, 1.165) is 0 Å². The van der Waals surface area contributed by atoms with E-state index in [-0.39, 0.29) is 24.1 Å². The monoisotopic (exact) mass is 472 g/mol. The fourth-order valence-electron chi connectivity index (χ4n) is 3.67. The molecule has 0 radical (unpaired) electrons. The smallest absolute Gasteiger partial charge is 0.261 e. The van der Waals surface area contributed by atoms with Crippen molar-refractivity contribution in [2.75, 3.05) is 25.6 Å². The molecule has 1 aliphatic heterocycles. The number of methoxy groups -OCH3 is 1. The van der Waals surface area contributed by atoms with Crippen molar-refractivity contribution in [3.63, 3.8) is 0 Å². The number of nitrogens with one attached hydrogen (secondary N) is 2. The van der Waals surface area contributed by atoms with Crippen LogP contribution in [0.1, 0.15) is 15.9 Å². The average Bonchev–Trinajstić information content (AvgIpc) is 3.45. The van der Waals surface area contributed by atoms with Crippen LogP contribution in [0, 0.1) is 11.3 Å². The van der Waals surface area contributed by atoms with E-state index in [0.29, 0.717) is 47.1 Å². The Morgan fingerprint density at radius 2 is 2.20 bits per heavy atom. The van der Waals surface area contributed by atoms with Crippen LogP contribution in [0.15, 0.2) is 49.1 Å². The third-order valence-corrected chi connectivity index (χ3v) is 5.43. The van der Waals surface area contributed by atoms with Crippen molar-refractivity contribution in [2.24, 2.45) is 0 Å². The number of carbonyl (C=O) groups is 2. The molecule has 0 saturated carbocycles. The van der Waals surface area contributed by atoms with Crippen LogP contribution in [0.4, 0.5) is 5.69 Å². The number of benzene rings is 1. The Hall–Kier alpha value is -4.76. The summed E-state index contributed by atoms with van der Waals surface area (Å²) in [6.45, 7) is 0.879. The van der Waals surface area contributed by atoms with Gasteiger partial charge >= 0.3 is 0 Å². The van der Waals surface area contributed by atoms with Gasteiger partial charge in [0.1, 0.15) is 23.6 Å². The summed E-state index contributed by atoms with van der Waals surface area (Å²) in [5.74, 6) is -0.237. The molecular formula is C23H20N8O4. The Balaban J connectivity index is 1.51. The summed E-state index contributed by atoms with van der Waals surface area (Å²) >= 11 is 0. The van der Waals surface area contributed by atoms with Crippen LogP contribution in [0.5, 0.6) is 5.75 Å². The van der Waals surface area contributed by atoms with Gasteiger partial charge in [0.15, 0.2) is 5.65 Å². The first-order valence-electron chi connectivity index (χ1n) is 10.7. The Kier molecular flexibility index (Phi) is 5.82. The number of anilines is 1. The second-order valence-electron chi connectivity index (χ2n) is 7.82. The Bertz CT molecular complexity index is 1460. The molecule has 2 N–H and O–H groups in total. The number of nitrogens with zero attached hydrogens (tertiary/aromatic N) is 6. The average molecular weight is 472 g/mol. The van der Waals surface area contributed by atoms with E-state index in [2.05, 4.69) is 31.9 Å². The molecule has 1 aliphatic rings. The molecule has 1 saturated heterocycles. The molecule has 35 heavy (non-hydrogen) atoms. The number of ether oxygens (including phenoxy) is 2. The second kappa shape index (κ2) is 9.24. The van der Waals surface area contributed by atoms with Crippen LogP contribution in [0.3, 0.4) is 0 Å². The largest absolute Gasteiger partial charge is 0.496 e. The molecule has 0 bridgehead atoms. The molecule has 1 fully saturated rings. The van der Waals surface area contributed by atoms with Gasteiger partial charge in [-0.25, -0.2) is 9.50 Å². The highest BCUT2D eigenvalue weighted by Gasteiger charge is 2.23. The highest BCUT2D eigenvalue weighted by atomic mass is 16.5. The Morgan fingerprint density at radius 1 is 1.34 bits per heavy atom. The molecule has 3 aromatic heterocycles. The SMILES string of the molecule is COc1ccc(C#N)cc1-c1nn(CC(=O)NC2COC2)cc1NC(=O)c1cnn2cccnc12. The van der Waals surface area contributed by atoms with E-state index in [9.17, 15) is 14.9 Å². The minimum absolute atomic E-state index is 0.0211. The first kappa shape index (κ1) is 22.1. The van der Waals surface area contributed by atoms with Crippen molar-refractivity contribution in [3.05, 3.63) is 60.2 Å². The van der Waals surface area contributed by atoms with E-state index in [1.165, 1.54) is 22.5 Å². The lowest BCUT2D eigenvalue weighted by molar-refractivity contribution is -0.126. The number of hydrogen-bond acceptors (Lipinski definition) is 8. The van der Waals surface area contributed by atoms with E-state index in [1.54, 1.807) is 42.9 Å². The lowest BCUT2D eigenvalue weighted by Crippen LogP contribution is -2.49. The highest BCUT2D eigenvalue weighted by Crippen LogP contribution is 2.35. The zero-order valence-electron chi connectivity index (χ0n) is 18.6. The zero-order chi connectivity index (χ0) is 24.4.